The van der Waals surface area contributed by atoms with Gasteiger partial charge in [-0.15, -0.1) is 0 Å². The summed E-state index contributed by atoms with van der Waals surface area (Å²) in [7, 11) is 0. The van der Waals surface area contributed by atoms with Crippen LogP contribution in [0, 0.1) is 0 Å². The van der Waals surface area contributed by atoms with Crippen molar-refractivity contribution in [3.05, 3.63) is 12.4 Å². The summed E-state index contributed by atoms with van der Waals surface area (Å²) < 4.78 is 0. The molecule has 0 N–H and O–H groups in total. The number of hydrogen-bond acceptors (Lipinski definition) is 4. The molecule has 0 aliphatic carbocycles. The van der Waals surface area contributed by atoms with Gasteiger partial charge in [-0.1, -0.05) is 6.92 Å². The van der Waals surface area contributed by atoms with Gasteiger partial charge in [0.05, 0.1) is 0 Å². The Bertz CT molecular complexity index is 339. The molecule has 1 heterocycles. The third-order valence-electron chi connectivity index (χ3n) is 5.47. The molecule has 0 amide bonds. The van der Waals surface area contributed by atoms with Crippen LogP contribution in [0.3, 0.4) is 0 Å². The average Bonchev–Trinajstić information content (AvgIpc) is 2.88. The molecular formula is C21H44N4. The lowest BCUT2D eigenvalue weighted by Gasteiger charge is -2.37. The van der Waals surface area contributed by atoms with E-state index < -0.39 is 0 Å². The molecule has 0 aromatic rings. The smallest absolute Gasteiger partial charge is 0.100 e. The minimum Gasteiger partial charge on any atom is -0.355 e. The highest BCUT2D eigenvalue weighted by molar-refractivity contribution is 4.97. The predicted octanol–water partition coefficient (Wildman–Crippen LogP) is 4.05. The second-order valence-electron chi connectivity index (χ2n) is 8.51. The van der Waals surface area contributed by atoms with Crippen molar-refractivity contribution in [1.82, 2.24) is 19.6 Å². The summed E-state index contributed by atoms with van der Waals surface area (Å²) in [5.74, 6) is 0. The Morgan fingerprint density at radius 3 is 1.24 bits per heavy atom. The molecule has 4 heteroatoms. The molecule has 1 aliphatic heterocycles. The zero-order chi connectivity index (χ0) is 19.1. The molecule has 0 saturated heterocycles. The first-order chi connectivity index (χ1) is 11.7. The summed E-state index contributed by atoms with van der Waals surface area (Å²) in [6.45, 7) is 25.2. The van der Waals surface area contributed by atoms with Gasteiger partial charge in [-0.05, 0) is 61.8 Å². The Labute approximate surface area is 157 Å². The van der Waals surface area contributed by atoms with E-state index in [1.165, 1.54) is 6.42 Å². The molecule has 4 nitrogen and oxygen atoms in total. The number of rotatable bonds is 11. The molecule has 0 bridgehead atoms. The van der Waals surface area contributed by atoms with Crippen LogP contribution >= 0.6 is 0 Å². The van der Waals surface area contributed by atoms with Crippen LogP contribution in [-0.4, -0.2) is 76.1 Å². The van der Waals surface area contributed by atoms with E-state index in [2.05, 4.69) is 94.3 Å². The highest BCUT2D eigenvalue weighted by Gasteiger charge is 2.26. The molecule has 0 spiro atoms. The van der Waals surface area contributed by atoms with Crippen LogP contribution < -0.4 is 0 Å². The molecule has 0 saturated carbocycles. The normalized spacial score (nSPS) is 16.3. The minimum absolute atomic E-state index is 0.516. The maximum absolute atomic E-state index is 2.59. The fourth-order valence-corrected chi connectivity index (χ4v) is 4.16. The van der Waals surface area contributed by atoms with Crippen LogP contribution in [0.25, 0.3) is 0 Å². The first kappa shape index (κ1) is 22.3. The molecule has 1 aliphatic rings. The topological polar surface area (TPSA) is 13.0 Å². The van der Waals surface area contributed by atoms with Gasteiger partial charge in [-0.3, -0.25) is 9.80 Å². The highest BCUT2D eigenvalue weighted by atomic mass is 15.4. The average molecular weight is 353 g/mol. The summed E-state index contributed by atoms with van der Waals surface area (Å²) in [4.78, 5) is 10.2. The Morgan fingerprint density at radius 2 is 1.00 bits per heavy atom. The molecule has 0 aromatic carbocycles. The van der Waals surface area contributed by atoms with Gasteiger partial charge in [0.25, 0.3) is 0 Å². The first-order valence-electron chi connectivity index (χ1n) is 10.4. The lowest BCUT2D eigenvalue weighted by Crippen LogP contribution is -2.47. The van der Waals surface area contributed by atoms with Crippen molar-refractivity contribution in [2.45, 2.75) is 99.1 Å². The summed E-state index contributed by atoms with van der Waals surface area (Å²) >= 11 is 0. The SMILES string of the molecule is CCC1N(CCN(C(C)C)C(C)C)C=CN1CCN(C(C)C)C(C)C. The van der Waals surface area contributed by atoms with Crippen LogP contribution in [0.4, 0.5) is 0 Å². The molecule has 0 unspecified atom stereocenters. The van der Waals surface area contributed by atoms with Gasteiger partial charge in [0.15, 0.2) is 0 Å². The first-order valence-corrected chi connectivity index (χ1v) is 10.4. The van der Waals surface area contributed by atoms with Crippen LogP contribution in [0.5, 0.6) is 0 Å². The van der Waals surface area contributed by atoms with Gasteiger partial charge < -0.3 is 9.80 Å². The number of hydrogen-bond donors (Lipinski definition) is 0. The Balaban J connectivity index is 2.57. The van der Waals surface area contributed by atoms with E-state index in [9.17, 15) is 0 Å². The highest BCUT2D eigenvalue weighted by Crippen LogP contribution is 2.19. The Hall–Kier alpha value is -0.740. The molecule has 0 radical (unpaired) electrons. The zero-order valence-electron chi connectivity index (χ0n) is 18.4. The quantitative estimate of drug-likeness (QED) is 0.556. The summed E-state index contributed by atoms with van der Waals surface area (Å²) in [6.07, 6.45) is 6.30. The Kier molecular flexibility index (Phi) is 9.29. The van der Waals surface area contributed by atoms with Crippen molar-refractivity contribution >= 4 is 0 Å². The van der Waals surface area contributed by atoms with E-state index in [-0.39, 0.29) is 0 Å². The maximum atomic E-state index is 2.59. The van der Waals surface area contributed by atoms with Crippen LogP contribution in [0.2, 0.25) is 0 Å². The van der Waals surface area contributed by atoms with E-state index >= 15 is 0 Å². The fourth-order valence-electron chi connectivity index (χ4n) is 4.16. The van der Waals surface area contributed by atoms with Gasteiger partial charge in [-0.2, -0.15) is 0 Å². The predicted molar refractivity (Wildman–Crippen MR) is 111 cm³/mol. The lowest BCUT2D eigenvalue weighted by molar-refractivity contribution is 0.0930. The molecular weight excluding hydrogens is 308 g/mol. The summed E-state index contributed by atoms with van der Waals surface area (Å²) in [5, 5.41) is 0. The van der Waals surface area contributed by atoms with Gasteiger partial charge in [0.1, 0.15) is 6.17 Å². The Morgan fingerprint density at radius 1 is 0.680 bits per heavy atom. The standard InChI is InChI=1S/C21H44N4/c1-10-21-22(13-15-24(17(2)3)18(4)5)11-12-23(21)14-16-25(19(6)7)20(8)9/h11-12,17-21H,10,13-16H2,1-9H3. The zero-order valence-corrected chi connectivity index (χ0v) is 18.4. The second kappa shape index (κ2) is 10.4. The van der Waals surface area contributed by atoms with Gasteiger partial charge in [0.2, 0.25) is 0 Å². The third-order valence-corrected chi connectivity index (χ3v) is 5.47. The molecule has 0 fully saturated rings. The van der Waals surface area contributed by atoms with E-state index in [1.54, 1.807) is 0 Å². The molecule has 148 valence electrons. The molecule has 1 rings (SSSR count). The maximum Gasteiger partial charge on any atom is 0.100 e. The second-order valence-corrected chi connectivity index (χ2v) is 8.51. The lowest BCUT2D eigenvalue weighted by atomic mass is 10.2. The summed E-state index contributed by atoms with van der Waals surface area (Å²) in [6, 6.07) is 2.42. The minimum atomic E-state index is 0.516. The number of nitrogens with zero attached hydrogens (tertiary/aromatic N) is 4. The van der Waals surface area contributed by atoms with E-state index in [1.807, 2.05) is 0 Å². The van der Waals surface area contributed by atoms with Crippen molar-refractivity contribution in [2.75, 3.05) is 26.2 Å². The largest absolute Gasteiger partial charge is 0.355 e. The van der Waals surface area contributed by atoms with Crippen molar-refractivity contribution in [1.29, 1.82) is 0 Å². The summed E-state index contributed by atoms with van der Waals surface area (Å²) in [5.41, 5.74) is 0. The van der Waals surface area contributed by atoms with Crippen molar-refractivity contribution in [3.63, 3.8) is 0 Å². The van der Waals surface area contributed by atoms with E-state index in [0.717, 1.165) is 26.2 Å². The molecule has 0 aromatic heterocycles. The van der Waals surface area contributed by atoms with Gasteiger partial charge >= 0.3 is 0 Å². The monoisotopic (exact) mass is 352 g/mol. The van der Waals surface area contributed by atoms with Crippen molar-refractivity contribution < 1.29 is 0 Å². The van der Waals surface area contributed by atoms with E-state index in [4.69, 9.17) is 0 Å². The van der Waals surface area contributed by atoms with Gasteiger partial charge in [0, 0.05) is 62.7 Å². The van der Waals surface area contributed by atoms with Crippen molar-refractivity contribution in [3.8, 4) is 0 Å². The third kappa shape index (κ3) is 6.49. The van der Waals surface area contributed by atoms with Crippen LogP contribution in [0.15, 0.2) is 12.4 Å². The van der Waals surface area contributed by atoms with Crippen molar-refractivity contribution in [2.24, 2.45) is 0 Å². The molecule has 0 atom stereocenters. The fraction of sp³-hybridized carbons (Fsp3) is 0.905. The molecule has 25 heavy (non-hydrogen) atoms. The van der Waals surface area contributed by atoms with Crippen LogP contribution in [0.1, 0.15) is 68.7 Å². The van der Waals surface area contributed by atoms with Crippen LogP contribution in [-0.2, 0) is 0 Å². The van der Waals surface area contributed by atoms with Gasteiger partial charge in [-0.25, -0.2) is 0 Å². The van der Waals surface area contributed by atoms with E-state index in [0.29, 0.717) is 30.3 Å².